The topological polar surface area (TPSA) is 93.3 Å². The largest absolute Gasteiger partial charge is 0.458 e. The second-order valence-corrected chi connectivity index (χ2v) is 9.48. The number of anilines is 1. The average molecular weight is 504 g/mol. The zero-order valence-electron chi connectivity index (χ0n) is 21.8. The van der Waals surface area contributed by atoms with Crippen molar-refractivity contribution in [3.05, 3.63) is 77.8 Å². The Morgan fingerprint density at radius 3 is 2.97 bits per heavy atom. The first-order valence-corrected chi connectivity index (χ1v) is 13.1. The van der Waals surface area contributed by atoms with E-state index in [1.807, 2.05) is 43.5 Å². The lowest BCUT2D eigenvalue weighted by Gasteiger charge is -2.46. The van der Waals surface area contributed by atoms with E-state index in [0.29, 0.717) is 17.6 Å². The Hall–Kier alpha value is -3.65. The highest BCUT2D eigenvalue weighted by Gasteiger charge is 2.35. The summed E-state index contributed by atoms with van der Waals surface area (Å²) in [5, 5.41) is 3.65. The third-order valence-corrected chi connectivity index (χ3v) is 7.01. The average Bonchev–Trinajstić information content (AvgIpc) is 2.92. The summed E-state index contributed by atoms with van der Waals surface area (Å²) in [5.41, 5.74) is 8.83. The van der Waals surface area contributed by atoms with Gasteiger partial charge < -0.3 is 20.2 Å². The molecule has 4 rings (SSSR count). The van der Waals surface area contributed by atoms with Crippen LogP contribution in [0.4, 0.5) is 5.69 Å². The number of fused-ring (bicyclic) bond motifs is 1. The van der Waals surface area contributed by atoms with Crippen LogP contribution in [0.1, 0.15) is 57.2 Å². The van der Waals surface area contributed by atoms with Crippen LogP contribution in [0.5, 0.6) is 5.75 Å². The first-order valence-electron chi connectivity index (χ1n) is 13.1. The van der Waals surface area contributed by atoms with Gasteiger partial charge in [0.1, 0.15) is 5.76 Å². The van der Waals surface area contributed by atoms with Gasteiger partial charge in [-0.1, -0.05) is 36.7 Å². The molecule has 37 heavy (non-hydrogen) atoms. The van der Waals surface area contributed by atoms with Crippen molar-refractivity contribution < 1.29 is 14.4 Å². The smallest absolute Gasteiger partial charge is 0.323 e. The Balaban J connectivity index is 1.59. The van der Waals surface area contributed by atoms with E-state index < -0.39 is 0 Å². The Morgan fingerprint density at radius 2 is 2.22 bits per heavy atom. The Kier molecular flexibility index (Phi) is 9.32. The highest BCUT2D eigenvalue weighted by atomic mass is 16.7. The van der Waals surface area contributed by atoms with Crippen molar-refractivity contribution in [2.75, 3.05) is 18.0 Å². The number of ether oxygens (including phenoxy) is 1. The van der Waals surface area contributed by atoms with Crippen LogP contribution in [-0.4, -0.2) is 47.4 Å². The molecule has 2 aliphatic rings. The van der Waals surface area contributed by atoms with Gasteiger partial charge in [0.15, 0.2) is 11.6 Å². The highest BCUT2D eigenvalue weighted by Crippen LogP contribution is 2.39. The van der Waals surface area contributed by atoms with Crippen LogP contribution in [0.15, 0.2) is 71.7 Å². The number of allylic oxidation sites excluding steroid dienone is 3. The summed E-state index contributed by atoms with van der Waals surface area (Å²) in [7, 11) is 0. The zero-order valence-corrected chi connectivity index (χ0v) is 21.8. The molecule has 0 aliphatic carbocycles. The molecule has 8 heteroatoms. The van der Waals surface area contributed by atoms with Gasteiger partial charge in [-0.15, -0.1) is 0 Å². The van der Waals surface area contributed by atoms with Crippen molar-refractivity contribution in [1.82, 2.24) is 9.88 Å². The van der Waals surface area contributed by atoms with E-state index in [2.05, 4.69) is 56.0 Å². The van der Waals surface area contributed by atoms with E-state index in [-0.39, 0.29) is 12.3 Å². The molecule has 0 saturated carbocycles. The highest BCUT2D eigenvalue weighted by molar-refractivity contribution is 5.98. The van der Waals surface area contributed by atoms with E-state index in [1.54, 1.807) is 0 Å². The number of piperidine rings is 1. The molecule has 2 unspecified atom stereocenters. The molecule has 0 bridgehead atoms. The molecular weight excluding hydrogens is 466 g/mol. The van der Waals surface area contributed by atoms with Gasteiger partial charge in [0, 0.05) is 36.9 Å². The summed E-state index contributed by atoms with van der Waals surface area (Å²) < 4.78 is 6.32. The monoisotopic (exact) mass is 503 g/mol. The van der Waals surface area contributed by atoms with Crippen LogP contribution in [0.3, 0.4) is 0 Å². The molecule has 1 saturated heterocycles. The van der Waals surface area contributed by atoms with Crippen LogP contribution in [0.2, 0.25) is 0 Å². The van der Waals surface area contributed by atoms with Gasteiger partial charge in [-0.2, -0.15) is 0 Å². The number of hydrogen-bond donors (Lipinski definition) is 1. The van der Waals surface area contributed by atoms with Crippen molar-refractivity contribution in [3.63, 3.8) is 0 Å². The number of nitrogens with two attached hydrogens (primary N) is 1. The van der Waals surface area contributed by atoms with Gasteiger partial charge in [0.25, 0.3) is 0 Å². The minimum absolute atomic E-state index is 0.126. The Labute approximate surface area is 219 Å². The van der Waals surface area contributed by atoms with Crippen LogP contribution >= 0.6 is 0 Å². The van der Waals surface area contributed by atoms with E-state index >= 15 is 0 Å². The summed E-state index contributed by atoms with van der Waals surface area (Å²) in [5.74, 6) is 1.79. The van der Waals surface area contributed by atoms with Gasteiger partial charge in [0.2, 0.25) is 0 Å². The number of nitrogens with zero attached hydrogens (tertiary/aromatic N) is 4. The lowest BCUT2D eigenvalue weighted by atomic mass is 9.91. The number of benzene rings is 1. The second-order valence-electron chi connectivity index (χ2n) is 9.48. The predicted molar refractivity (Wildman–Crippen MR) is 146 cm³/mol. The number of oxime groups is 1. The van der Waals surface area contributed by atoms with Gasteiger partial charge in [-0.05, 0) is 69.0 Å². The number of aromatic nitrogens is 1. The SMILES string of the molecule is C/C=C\C/C=C1\CN(C2CCN(Cc3ccccn3)C(CCC)C2)c2ccc(/C(N)=N/OC=O)cc2O1. The molecule has 1 aromatic carbocycles. The quantitative estimate of drug-likeness (QED) is 0.125. The minimum atomic E-state index is 0.126. The van der Waals surface area contributed by atoms with E-state index in [1.165, 1.54) is 0 Å². The van der Waals surface area contributed by atoms with Crippen LogP contribution in [0, 0.1) is 0 Å². The summed E-state index contributed by atoms with van der Waals surface area (Å²) >= 11 is 0. The van der Waals surface area contributed by atoms with Gasteiger partial charge in [-0.25, -0.2) is 0 Å². The zero-order chi connectivity index (χ0) is 26.0. The maximum Gasteiger partial charge on any atom is 0.323 e. The number of likely N-dealkylation sites (tertiary alicyclic amines) is 1. The first-order chi connectivity index (χ1) is 18.1. The molecular formula is C29H37N5O3. The minimum Gasteiger partial charge on any atom is -0.458 e. The molecule has 196 valence electrons. The molecule has 0 radical (unpaired) electrons. The fourth-order valence-electron chi connectivity index (χ4n) is 5.22. The van der Waals surface area contributed by atoms with E-state index in [4.69, 9.17) is 10.5 Å². The van der Waals surface area contributed by atoms with Crippen molar-refractivity contribution in [3.8, 4) is 5.75 Å². The Bertz CT molecular complexity index is 1130. The van der Waals surface area contributed by atoms with Gasteiger partial charge in [0.05, 0.1) is 17.9 Å². The number of rotatable bonds is 10. The summed E-state index contributed by atoms with van der Waals surface area (Å²) in [4.78, 5) is 24.7. The maximum atomic E-state index is 10.5. The predicted octanol–water partition coefficient (Wildman–Crippen LogP) is 4.76. The van der Waals surface area contributed by atoms with Crippen LogP contribution in [-0.2, 0) is 16.2 Å². The molecule has 2 aromatic rings. The maximum absolute atomic E-state index is 10.5. The lowest BCUT2D eigenvalue weighted by molar-refractivity contribution is -0.128. The molecule has 1 aromatic heterocycles. The molecule has 0 amide bonds. The third-order valence-electron chi connectivity index (χ3n) is 7.01. The molecule has 3 heterocycles. The van der Waals surface area contributed by atoms with E-state index in [9.17, 15) is 4.79 Å². The fraction of sp³-hybridized carbons (Fsp3) is 0.414. The third kappa shape index (κ3) is 6.77. The molecule has 2 N–H and O–H groups in total. The number of carbonyl (C=O) groups is 1. The first kappa shape index (κ1) is 26.4. The van der Waals surface area contributed by atoms with Crippen molar-refractivity contribution in [1.29, 1.82) is 0 Å². The van der Waals surface area contributed by atoms with Crippen molar-refractivity contribution in [2.24, 2.45) is 10.9 Å². The molecule has 2 atom stereocenters. The number of amidine groups is 1. The van der Waals surface area contributed by atoms with Crippen molar-refractivity contribution >= 4 is 18.0 Å². The van der Waals surface area contributed by atoms with Gasteiger partial charge in [-0.3, -0.25) is 14.7 Å². The van der Waals surface area contributed by atoms with Gasteiger partial charge >= 0.3 is 6.47 Å². The summed E-state index contributed by atoms with van der Waals surface area (Å²) in [6, 6.07) is 12.8. The summed E-state index contributed by atoms with van der Waals surface area (Å²) in [6.07, 6.45) is 13.4. The lowest BCUT2D eigenvalue weighted by Crippen LogP contribution is -2.51. The van der Waals surface area contributed by atoms with E-state index in [0.717, 1.165) is 74.6 Å². The standard InChI is InChI=1S/C29H37N5O3/c1-3-5-6-11-26-20-34(27-13-12-22(17-28(27)37-26)29(30)32-36-21-35)25-14-16-33(24(18-25)9-4-2)19-23-10-7-8-15-31-23/h3,5,7-8,10-13,15,17,21,24-25H,4,6,9,14,16,18-20H2,1-2H3,(H2,30,32)/b5-3-,26-11+. The molecule has 1 fully saturated rings. The van der Waals surface area contributed by atoms with Crippen molar-refractivity contribution in [2.45, 2.75) is 64.6 Å². The molecule has 8 nitrogen and oxygen atoms in total. The molecule has 0 spiro atoms. The number of carbonyl (C=O) groups excluding carboxylic acids is 1. The number of pyridine rings is 1. The van der Waals surface area contributed by atoms with Crippen LogP contribution < -0.4 is 15.4 Å². The second kappa shape index (κ2) is 13.1. The molecule has 2 aliphatic heterocycles. The fourth-order valence-corrected chi connectivity index (χ4v) is 5.22. The Morgan fingerprint density at radius 1 is 1.32 bits per heavy atom. The van der Waals surface area contributed by atoms with Crippen LogP contribution in [0.25, 0.3) is 0 Å². The summed E-state index contributed by atoms with van der Waals surface area (Å²) in [6.45, 7) is 7.17. The number of hydrogen-bond acceptors (Lipinski definition) is 7. The normalized spacial score (nSPS) is 21.6.